The van der Waals surface area contributed by atoms with E-state index in [9.17, 15) is 0 Å². The summed E-state index contributed by atoms with van der Waals surface area (Å²) < 4.78 is 16.0. The molecule has 0 aliphatic heterocycles. The molecule has 7 nitrogen and oxygen atoms in total. The number of pyridine rings is 1. The number of nitrogens with one attached hydrogen (secondary N) is 1. The fraction of sp³-hybridized carbons (Fsp3) is 0.143. The average molecular weight is 376 g/mol. The number of ether oxygens (including phenoxy) is 3. The molecule has 7 heteroatoms. The van der Waals surface area contributed by atoms with E-state index in [1.165, 1.54) is 0 Å². The largest absolute Gasteiger partial charge is 0.497 e. The van der Waals surface area contributed by atoms with Crippen molar-refractivity contribution in [3.8, 4) is 39.6 Å². The maximum Gasteiger partial charge on any atom is 0.184 e. The van der Waals surface area contributed by atoms with Gasteiger partial charge in [0.05, 0.1) is 32.4 Å². The molecule has 0 aliphatic carbocycles. The van der Waals surface area contributed by atoms with Crippen molar-refractivity contribution in [1.82, 2.24) is 15.2 Å². The van der Waals surface area contributed by atoms with Gasteiger partial charge in [0, 0.05) is 5.56 Å². The average Bonchev–Trinajstić information content (AvgIpc) is 3.13. The Hall–Kier alpha value is -3.74. The Morgan fingerprint density at radius 1 is 0.821 bits per heavy atom. The minimum atomic E-state index is 0.466. The van der Waals surface area contributed by atoms with E-state index in [1.807, 2.05) is 48.5 Å². The molecule has 28 heavy (non-hydrogen) atoms. The predicted octanol–water partition coefficient (Wildman–Crippen LogP) is 3.90. The number of hydrogen-bond donors (Lipinski definition) is 2. The number of H-pyrrole nitrogens is 1. The normalized spacial score (nSPS) is 10.8. The Balaban J connectivity index is 1.92. The highest BCUT2D eigenvalue weighted by molar-refractivity contribution is 6.01. The Morgan fingerprint density at radius 3 is 2.21 bits per heavy atom. The Morgan fingerprint density at radius 2 is 1.54 bits per heavy atom. The fourth-order valence-corrected chi connectivity index (χ4v) is 3.19. The van der Waals surface area contributed by atoms with Gasteiger partial charge in [-0.3, -0.25) is 5.10 Å². The third-order valence-corrected chi connectivity index (χ3v) is 4.63. The van der Waals surface area contributed by atoms with Gasteiger partial charge in [-0.2, -0.15) is 5.10 Å². The first-order valence-corrected chi connectivity index (χ1v) is 8.66. The van der Waals surface area contributed by atoms with E-state index in [0.29, 0.717) is 23.0 Å². The van der Waals surface area contributed by atoms with Gasteiger partial charge >= 0.3 is 0 Å². The lowest BCUT2D eigenvalue weighted by Gasteiger charge is -2.12. The number of nitrogens with two attached hydrogens (primary N) is 1. The molecular formula is C21H20N4O3. The van der Waals surface area contributed by atoms with Crippen LogP contribution in [-0.4, -0.2) is 36.5 Å². The summed E-state index contributed by atoms with van der Waals surface area (Å²) >= 11 is 0. The second-order valence-corrected chi connectivity index (χ2v) is 6.19. The molecule has 2 heterocycles. The van der Waals surface area contributed by atoms with Gasteiger partial charge in [0.15, 0.2) is 17.1 Å². The zero-order chi connectivity index (χ0) is 19.7. The van der Waals surface area contributed by atoms with Crippen LogP contribution in [0.3, 0.4) is 0 Å². The molecular weight excluding hydrogens is 356 g/mol. The minimum Gasteiger partial charge on any atom is -0.497 e. The number of benzene rings is 2. The first-order valence-electron chi connectivity index (χ1n) is 8.66. The monoisotopic (exact) mass is 376 g/mol. The molecule has 2 aromatic carbocycles. The van der Waals surface area contributed by atoms with E-state index in [4.69, 9.17) is 19.9 Å². The van der Waals surface area contributed by atoms with Crippen molar-refractivity contribution in [2.75, 3.05) is 27.1 Å². The van der Waals surface area contributed by atoms with E-state index in [-0.39, 0.29) is 0 Å². The molecule has 0 saturated heterocycles. The number of methoxy groups -OCH3 is 3. The SMILES string of the molecule is COc1ccc(-c2cc(-c3ccc(OC)c(OC)c3)c3c(N)[nH]nc3n2)cc1. The molecule has 4 aromatic rings. The molecule has 3 N–H and O–H groups in total. The predicted molar refractivity (Wildman–Crippen MR) is 109 cm³/mol. The van der Waals surface area contributed by atoms with Gasteiger partial charge in [-0.15, -0.1) is 0 Å². The van der Waals surface area contributed by atoms with Gasteiger partial charge in [-0.25, -0.2) is 4.98 Å². The maximum atomic E-state index is 6.14. The van der Waals surface area contributed by atoms with Crippen LogP contribution >= 0.6 is 0 Å². The van der Waals surface area contributed by atoms with Crippen molar-refractivity contribution < 1.29 is 14.2 Å². The molecule has 0 unspecified atom stereocenters. The number of anilines is 1. The second-order valence-electron chi connectivity index (χ2n) is 6.19. The summed E-state index contributed by atoms with van der Waals surface area (Å²) in [7, 11) is 4.86. The smallest absolute Gasteiger partial charge is 0.184 e. The molecule has 0 radical (unpaired) electrons. The number of nitrogen functional groups attached to an aromatic ring is 1. The Bertz CT molecular complexity index is 1140. The lowest BCUT2D eigenvalue weighted by molar-refractivity contribution is 0.355. The van der Waals surface area contributed by atoms with Gasteiger partial charge in [-0.1, -0.05) is 6.07 Å². The molecule has 0 atom stereocenters. The van der Waals surface area contributed by atoms with Crippen LogP contribution in [0.2, 0.25) is 0 Å². The van der Waals surface area contributed by atoms with Crippen LogP contribution in [0.1, 0.15) is 0 Å². The van der Waals surface area contributed by atoms with E-state index in [2.05, 4.69) is 15.2 Å². The lowest BCUT2D eigenvalue weighted by Crippen LogP contribution is -1.94. The number of rotatable bonds is 5. The number of nitrogens with zero attached hydrogens (tertiary/aromatic N) is 2. The quantitative estimate of drug-likeness (QED) is 0.548. The van der Waals surface area contributed by atoms with Gasteiger partial charge in [0.2, 0.25) is 0 Å². The Labute approximate surface area is 162 Å². The third kappa shape index (κ3) is 2.96. The van der Waals surface area contributed by atoms with Crippen LogP contribution in [-0.2, 0) is 0 Å². The van der Waals surface area contributed by atoms with Crippen molar-refractivity contribution >= 4 is 16.9 Å². The molecule has 4 rings (SSSR count). The lowest BCUT2D eigenvalue weighted by atomic mass is 9.99. The van der Waals surface area contributed by atoms with E-state index >= 15 is 0 Å². The molecule has 0 aliphatic rings. The van der Waals surface area contributed by atoms with Gasteiger partial charge in [0.1, 0.15) is 11.6 Å². The maximum absolute atomic E-state index is 6.14. The molecule has 0 saturated carbocycles. The van der Waals surface area contributed by atoms with Gasteiger partial charge in [0.25, 0.3) is 0 Å². The summed E-state index contributed by atoms with van der Waals surface area (Å²) in [4.78, 5) is 4.67. The van der Waals surface area contributed by atoms with Crippen LogP contribution < -0.4 is 19.9 Å². The highest BCUT2D eigenvalue weighted by atomic mass is 16.5. The van der Waals surface area contributed by atoms with Crippen molar-refractivity contribution in [3.63, 3.8) is 0 Å². The zero-order valence-electron chi connectivity index (χ0n) is 15.8. The Kier molecular flexibility index (Phi) is 4.49. The summed E-state index contributed by atoms with van der Waals surface area (Å²) in [6.45, 7) is 0. The van der Waals surface area contributed by atoms with Crippen LogP contribution in [0.25, 0.3) is 33.4 Å². The van der Waals surface area contributed by atoms with Crippen molar-refractivity contribution in [2.24, 2.45) is 0 Å². The minimum absolute atomic E-state index is 0.466. The van der Waals surface area contributed by atoms with Crippen molar-refractivity contribution in [2.45, 2.75) is 0 Å². The van der Waals surface area contributed by atoms with Crippen LogP contribution in [0.5, 0.6) is 17.2 Å². The highest BCUT2D eigenvalue weighted by Gasteiger charge is 2.16. The van der Waals surface area contributed by atoms with Crippen LogP contribution in [0.4, 0.5) is 5.82 Å². The molecule has 0 fully saturated rings. The first kappa shape index (κ1) is 17.7. The summed E-state index contributed by atoms with van der Waals surface area (Å²) in [5, 5.41) is 7.85. The van der Waals surface area contributed by atoms with Gasteiger partial charge in [-0.05, 0) is 53.6 Å². The van der Waals surface area contributed by atoms with Crippen molar-refractivity contribution in [3.05, 3.63) is 48.5 Å². The standard InChI is InChI=1S/C21H20N4O3/c1-26-14-7-4-12(5-8-14)16-11-15(19-20(22)24-25-21(19)23-16)13-6-9-17(27-2)18(10-13)28-3/h4-11H,1-3H3,(H3,22,23,24,25). The van der Waals surface area contributed by atoms with Crippen molar-refractivity contribution in [1.29, 1.82) is 0 Å². The van der Waals surface area contributed by atoms with Crippen LogP contribution in [0, 0.1) is 0 Å². The number of hydrogen-bond acceptors (Lipinski definition) is 6. The first-order chi connectivity index (χ1) is 13.6. The number of aromatic amines is 1. The second kappa shape index (κ2) is 7.11. The van der Waals surface area contributed by atoms with E-state index < -0.39 is 0 Å². The summed E-state index contributed by atoms with van der Waals surface area (Å²) in [6, 6.07) is 15.5. The summed E-state index contributed by atoms with van der Waals surface area (Å²) in [6.07, 6.45) is 0. The third-order valence-electron chi connectivity index (χ3n) is 4.63. The summed E-state index contributed by atoms with van der Waals surface area (Å²) in [5.41, 5.74) is 10.3. The molecule has 0 amide bonds. The highest BCUT2D eigenvalue weighted by Crippen LogP contribution is 2.38. The number of fused-ring (bicyclic) bond motifs is 1. The summed E-state index contributed by atoms with van der Waals surface area (Å²) in [5.74, 6) is 2.55. The van der Waals surface area contributed by atoms with E-state index in [0.717, 1.165) is 33.5 Å². The fourth-order valence-electron chi connectivity index (χ4n) is 3.19. The molecule has 0 bridgehead atoms. The molecule has 0 spiro atoms. The van der Waals surface area contributed by atoms with Crippen LogP contribution in [0.15, 0.2) is 48.5 Å². The molecule has 2 aromatic heterocycles. The molecule has 142 valence electrons. The number of aromatic nitrogens is 3. The zero-order valence-corrected chi connectivity index (χ0v) is 15.8. The topological polar surface area (TPSA) is 95.3 Å². The van der Waals surface area contributed by atoms with Gasteiger partial charge < -0.3 is 19.9 Å². The van der Waals surface area contributed by atoms with E-state index in [1.54, 1.807) is 21.3 Å².